The maximum atomic E-state index is 13.3. The second kappa shape index (κ2) is 12.5. The second-order valence-corrected chi connectivity index (χ2v) is 11.3. The number of ether oxygens (including phenoxy) is 2. The van der Waals surface area contributed by atoms with E-state index in [0.29, 0.717) is 37.9 Å². The molecule has 2 aliphatic heterocycles. The maximum absolute atomic E-state index is 13.3. The van der Waals surface area contributed by atoms with E-state index in [-0.39, 0.29) is 29.0 Å². The van der Waals surface area contributed by atoms with Crippen molar-refractivity contribution in [2.24, 2.45) is 0 Å². The van der Waals surface area contributed by atoms with Gasteiger partial charge in [0.25, 0.3) is 5.91 Å². The zero-order valence-electron chi connectivity index (χ0n) is 23.4. The average molecular weight is 597 g/mol. The molecule has 2 heterocycles. The summed E-state index contributed by atoms with van der Waals surface area (Å²) >= 11 is 6.18. The van der Waals surface area contributed by atoms with Gasteiger partial charge in [-0.2, -0.15) is 0 Å². The number of anilines is 1. The van der Waals surface area contributed by atoms with E-state index in [4.69, 9.17) is 21.1 Å². The molecule has 4 atom stereocenters. The molecule has 3 N–H and O–H groups in total. The Kier molecular flexibility index (Phi) is 8.79. The van der Waals surface area contributed by atoms with Crippen LogP contribution in [0.15, 0.2) is 42.5 Å². The zero-order valence-corrected chi connectivity index (χ0v) is 24.1. The van der Waals surface area contributed by atoms with E-state index in [0.717, 1.165) is 0 Å². The third-order valence-electron chi connectivity index (χ3n) is 7.73. The molecule has 4 unspecified atom stereocenters. The van der Waals surface area contributed by atoms with Gasteiger partial charge in [-0.05, 0) is 61.9 Å². The van der Waals surface area contributed by atoms with Crippen molar-refractivity contribution in [1.29, 1.82) is 0 Å². The maximum Gasteiger partial charge on any atom is 0.310 e. The molecule has 0 aromatic heterocycles. The van der Waals surface area contributed by atoms with Crippen LogP contribution in [0.25, 0.3) is 0 Å². The number of cyclic esters (lactones) is 1. The quantitative estimate of drug-likeness (QED) is 0.397. The molecule has 11 nitrogen and oxygen atoms in total. The van der Waals surface area contributed by atoms with Crippen molar-refractivity contribution in [3.8, 4) is 0 Å². The molecule has 2 aromatic carbocycles. The first kappa shape index (κ1) is 29.5. The summed E-state index contributed by atoms with van der Waals surface area (Å²) < 4.78 is 11.5. The van der Waals surface area contributed by atoms with Crippen LogP contribution in [0.5, 0.6) is 0 Å². The van der Waals surface area contributed by atoms with Gasteiger partial charge in [0.1, 0.15) is 18.1 Å². The van der Waals surface area contributed by atoms with Crippen LogP contribution in [0, 0.1) is 0 Å². The molecule has 0 radical (unpaired) electrons. The van der Waals surface area contributed by atoms with Gasteiger partial charge in [0.05, 0.1) is 23.2 Å². The number of rotatable bonds is 8. The zero-order chi connectivity index (χ0) is 30.0. The number of esters is 1. The molecule has 2 saturated heterocycles. The van der Waals surface area contributed by atoms with Crippen molar-refractivity contribution in [2.75, 3.05) is 11.9 Å². The van der Waals surface area contributed by atoms with Gasteiger partial charge in [-0.1, -0.05) is 35.9 Å². The Morgan fingerprint density at radius 1 is 1.07 bits per heavy atom. The van der Waals surface area contributed by atoms with Crippen LogP contribution < -0.4 is 16.0 Å². The number of carbonyl (C=O) groups excluding carboxylic acids is 5. The summed E-state index contributed by atoms with van der Waals surface area (Å²) in [6.07, 6.45) is 1.37. The number of hydrogen-bond acceptors (Lipinski definition) is 7. The summed E-state index contributed by atoms with van der Waals surface area (Å²) in [5.74, 6) is -2.08. The molecule has 0 bridgehead atoms. The molecule has 4 amide bonds. The Labute approximate surface area is 248 Å². The summed E-state index contributed by atoms with van der Waals surface area (Å²) in [6, 6.07) is 10.1. The summed E-state index contributed by atoms with van der Waals surface area (Å²) in [4.78, 5) is 64.4. The summed E-state index contributed by atoms with van der Waals surface area (Å²) in [5, 5.41) is 8.29. The number of hydrogen-bond donors (Lipinski definition) is 3. The van der Waals surface area contributed by atoms with Crippen LogP contribution in [0.3, 0.4) is 0 Å². The van der Waals surface area contributed by atoms with Crippen LogP contribution in [0.4, 0.5) is 5.69 Å². The molecule has 2 aromatic rings. The molecule has 42 heavy (non-hydrogen) atoms. The fourth-order valence-electron chi connectivity index (χ4n) is 5.70. The molecular formula is C30H33ClN4O7. The molecule has 12 heteroatoms. The third kappa shape index (κ3) is 6.57. The van der Waals surface area contributed by atoms with Gasteiger partial charge in [0.15, 0.2) is 0 Å². The Balaban J connectivity index is 1.17. The number of nitrogens with zero attached hydrogens (tertiary/aromatic N) is 1. The minimum Gasteiger partial charge on any atom is -0.433 e. The molecule has 2 fully saturated rings. The highest BCUT2D eigenvalue weighted by atomic mass is 35.5. The third-order valence-corrected chi connectivity index (χ3v) is 8.04. The van der Waals surface area contributed by atoms with Gasteiger partial charge < -0.3 is 30.3 Å². The predicted molar refractivity (Wildman–Crippen MR) is 153 cm³/mol. The smallest absolute Gasteiger partial charge is 0.310 e. The average Bonchev–Trinajstić information content (AvgIpc) is 3.67. The van der Waals surface area contributed by atoms with E-state index in [1.807, 2.05) is 24.3 Å². The highest BCUT2D eigenvalue weighted by Gasteiger charge is 2.42. The number of likely N-dealkylation sites (tertiary alicyclic amines) is 1. The van der Waals surface area contributed by atoms with Crippen LogP contribution >= 0.6 is 11.6 Å². The van der Waals surface area contributed by atoms with Gasteiger partial charge in [0.2, 0.25) is 24.0 Å². The van der Waals surface area contributed by atoms with Crippen molar-refractivity contribution in [3.05, 3.63) is 64.2 Å². The molecule has 0 spiro atoms. The van der Waals surface area contributed by atoms with E-state index in [2.05, 4.69) is 16.0 Å². The number of halogens is 1. The van der Waals surface area contributed by atoms with Crippen molar-refractivity contribution in [2.45, 2.75) is 76.5 Å². The lowest BCUT2D eigenvalue weighted by Crippen LogP contribution is -2.54. The standard InChI is InChI=1S/C30H33ClN4O7/c1-16(32-27(38)20-9-10-23(22(31)14-20)33-17(2)36)29(40)35-11-5-8-25(35)28(39)34-24-15-26(37)42-30(24)41-21-12-18-6-3-4-7-19(18)13-21/h3-4,6-7,9-10,14,16,21,24-25,30H,5,8,11-13,15H2,1-2H3,(H,32,38)(H,33,36)(H,34,39). The van der Waals surface area contributed by atoms with Gasteiger partial charge in [-0.15, -0.1) is 0 Å². The summed E-state index contributed by atoms with van der Waals surface area (Å²) in [7, 11) is 0. The van der Waals surface area contributed by atoms with Crippen molar-refractivity contribution >= 4 is 46.9 Å². The fraction of sp³-hybridized carbons (Fsp3) is 0.433. The number of carbonyl (C=O) groups is 5. The van der Waals surface area contributed by atoms with Crippen molar-refractivity contribution < 1.29 is 33.4 Å². The summed E-state index contributed by atoms with van der Waals surface area (Å²) in [5.41, 5.74) is 2.97. The minimum absolute atomic E-state index is 0.0213. The number of amides is 4. The molecule has 5 rings (SSSR count). The van der Waals surface area contributed by atoms with Crippen LogP contribution in [-0.2, 0) is 41.5 Å². The van der Waals surface area contributed by atoms with Gasteiger partial charge in [-0.3, -0.25) is 24.0 Å². The predicted octanol–water partition coefficient (Wildman–Crippen LogP) is 2.35. The monoisotopic (exact) mass is 596 g/mol. The Morgan fingerprint density at radius 3 is 2.45 bits per heavy atom. The van der Waals surface area contributed by atoms with Gasteiger partial charge in [0, 0.05) is 19.0 Å². The summed E-state index contributed by atoms with van der Waals surface area (Å²) in [6.45, 7) is 3.25. The first-order valence-electron chi connectivity index (χ1n) is 14.0. The number of fused-ring (bicyclic) bond motifs is 1. The largest absolute Gasteiger partial charge is 0.433 e. The van der Waals surface area contributed by atoms with E-state index >= 15 is 0 Å². The highest BCUT2D eigenvalue weighted by molar-refractivity contribution is 6.34. The Hall–Kier alpha value is -3.96. The lowest BCUT2D eigenvalue weighted by Gasteiger charge is -2.29. The normalized spacial score (nSPS) is 22.3. The Morgan fingerprint density at radius 2 is 1.79 bits per heavy atom. The fourth-order valence-corrected chi connectivity index (χ4v) is 5.93. The van der Waals surface area contributed by atoms with Crippen LogP contribution in [0.1, 0.15) is 54.6 Å². The SMILES string of the molecule is CC(=O)Nc1ccc(C(=O)NC(C)C(=O)N2CCCC2C(=O)NC2CC(=O)OC2OC2Cc3ccccc3C2)cc1Cl. The van der Waals surface area contributed by atoms with Gasteiger partial charge >= 0.3 is 5.97 Å². The molecule has 222 valence electrons. The molecular weight excluding hydrogens is 564 g/mol. The topological polar surface area (TPSA) is 143 Å². The first-order valence-corrected chi connectivity index (χ1v) is 14.4. The number of benzene rings is 2. The molecule has 3 aliphatic rings. The Bertz CT molecular complexity index is 1390. The van der Waals surface area contributed by atoms with E-state index < -0.39 is 48.1 Å². The lowest BCUT2D eigenvalue weighted by molar-refractivity contribution is -0.175. The lowest BCUT2D eigenvalue weighted by atomic mass is 10.1. The number of nitrogens with one attached hydrogen (secondary N) is 3. The second-order valence-electron chi connectivity index (χ2n) is 10.9. The van der Waals surface area contributed by atoms with E-state index in [9.17, 15) is 24.0 Å². The minimum atomic E-state index is -0.920. The molecule has 0 saturated carbocycles. The van der Waals surface area contributed by atoms with Crippen LogP contribution in [0.2, 0.25) is 5.02 Å². The van der Waals surface area contributed by atoms with E-state index in [1.54, 1.807) is 6.92 Å². The van der Waals surface area contributed by atoms with Gasteiger partial charge in [-0.25, -0.2) is 0 Å². The van der Waals surface area contributed by atoms with Crippen molar-refractivity contribution in [1.82, 2.24) is 15.5 Å². The first-order chi connectivity index (χ1) is 20.1. The highest BCUT2D eigenvalue weighted by Crippen LogP contribution is 2.28. The van der Waals surface area contributed by atoms with Crippen molar-refractivity contribution in [3.63, 3.8) is 0 Å². The molecule has 1 aliphatic carbocycles. The van der Waals surface area contributed by atoms with Crippen LogP contribution in [-0.4, -0.2) is 71.6 Å². The van der Waals surface area contributed by atoms with E-state index in [1.165, 1.54) is 41.1 Å².